The fourth-order valence-corrected chi connectivity index (χ4v) is 3.26. The van der Waals surface area contributed by atoms with Gasteiger partial charge in [-0.25, -0.2) is 0 Å². The van der Waals surface area contributed by atoms with Crippen molar-refractivity contribution in [3.63, 3.8) is 0 Å². The van der Waals surface area contributed by atoms with E-state index in [1.54, 1.807) is 4.57 Å². The van der Waals surface area contributed by atoms with Gasteiger partial charge in [0.15, 0.2) is 0 Å². The second-order valence-corrected chi connectivity index (χ2v) is 6.46. The lowest BCUT2D eigenvalue weighted by molar-refractivity contribution is 0.102. The van der Waals surface area contributed by atoms with E-state index in [0.29, 0.717) is 30.9 Å². The monoisotopic (exact) mass is 340 g/mol. The quantitative estimate of drug-likeness (QED) is 0.927. The fourth-order valence-electron chi connectivity index (χ4n) is 3.26. The van der Waals surface area contributed by atoms with Crippen molar-refractivity contribution in [3.05, 3.63) is 57.0 Å². The van der Waals surface area contributed by atoms with Crippen LogP contribution in [0.4, 0.5) is 5.69 Å². The standard InChI is InChI=1S/C20H24N2O3/c1-4-25-17-12-18(23)22-10-6-5-7-16(22)19(17)20(24)21-15-9-8-13(2)14(3)11-15/h8-9,11-12H,4-7,10H2,1-3H3,(H,21,24). The Morgan fingerprint density at radius 1 is 1.20 bits per heavy atom. The smallest absolute Gasteiger partial charge is 0.261 e. The number of carbonyl (C=O) groups is 1. The van der Waals surface area contributed by atoms with Gasteiger partial charge in [0.1, 0.15) is 11.3 Å². The maximum atomic E-state index is 13.0. The highest BCUT2D eigenvalue weighted by atomic mass is 16.5. The van der Waals surface area contributed by atoms with Gasteiger partial charge in [0.2, 0.25) is 0 Å². The van der Waals surface area contributed by atoms with Crippen molar-refractivity contribution in [2.45, 2.75) is 46.6 Å². The molecule has 2 aromatic rings. The summed E-state index contributed by atoms with van der Waals surface area (Å²) in [7, 11) is 0. The van der Waals surface area contributed by atoms with E-state index < -0.39 is 0 Å². The van der Waals surface area contributed by atoms with Crippen LogP contribution in [0.5, 0.6) is 5.75 Å². The number of amides is 1. The Balaban J connectivity index is 2.03. The average molecular weight is 340 g/mol. The summed E-state index contributed by atoms with van der Waals surface area (Å²) < 4.78 is 7.32. The molecule has 0 atom stereocenters. The number of rotatable bonds is 4. The molecule has 25 heavy (non-hydrogen) atoms. The summed E-state index contributed by atoms with van der Waals surface area (Å²) in [5.74, 6) is 0.152. The van der Waals surface area contributed by atoms with Crippen molar-refractivity contribution < 1.29 is 9.53 Å². The summed E-state index contributed by atoms with van der Waals surface area (Å²) >= 11 is 0. The second-order valence-electron chi connectivity index (χ2n) is 6.46. The topological polar surface area (TPSA) is 60.3 Å². The van der Waals surface area contributed by atoms with Crippen LogP contribution in [-0.2, 0) is 13.0 Å². The van der Waals surface area contributed by atoms with E-state index in [1.807, 2.05) is 39.0 Å². The maximum Gasteiger partial charge on any atom is 0.261 e. The molecule has 1 aromatic carbocycles. The zero-order chi connectivity index (χ0) is 18.0. The normalized spacial score (nSPS) is 13.2. The van der Waals surface area contributed by atoms with Crippen LogP contribution in [0.15, 0.2) is 29.1 Å². The van der Waals surface area contributed by atoms with Crippen LogP contribution in [0.3, 0.4) is 0 Å². The number of hydrogen-bond donors (Lipinski definition) is 1. The molecule has 0 bridgehead atoms. The van der Waals surface area contributed by atoms with E-state index in [0.717, 1.165) is 29.8 Å². The predicted octanol–water partition coefficient (Wildman–Crippen LogP) is 3.45. The van der Waals surface area contributed by atoms with Crippen LogP contribution in [-0.4, -0.2) is 17.1 Å². The molecular weight excluding hydrogens is 316 g/mol. The molecule has 0 fully saturated rings. The molecular formula is C20H24N2O3. The minimum Gasteiger partial charge on any atom is -0.493 e. The van der Waals surface area contributed by atoms with Crippen molar-refractivity contribution in [2.24, 2.45) is 0 Å². The van der Waals surface area contributed by atoms with E-state index in [4.69, 9.17) is 4.74 Å². The third-order valence-corrected chi connectivity index (χ3v) is 4.72. The summed E-state index contributed by atoms with van der Waals surface area (Å²) in [5, 5.41) is 2.96. The summed E-state index contributed by atoms with van der Waals surface area (Å²) in [6.07, 6.45) is 2.64. The fraction of sp³-hybridized carbons (Fsp3) is 0.400. The number of pyridine rings is 1. The SMILES string of the molecule is CCOc1cc(=O)n2c(c1C(=O)Nc1ccc(C)c(C)c1)CCCC2. The number of ether oxygens (including phenoxy) is 1. The van der Waals surface area contributed by atoms with Gasteiger partial charge in [-0.1, -0.05) is 6.07 Å². The molecule has 132 valence electrons. The molecule has 0 saturated heterocycles. The van der Waals surface area contributed by atoms with Crippen molar-refractivity contribution in [2.75, 3.05) is 11.9 Å². The lowest BCUT2D eigenvalue weighted by Gasteiger charge is -2.23. The van der Waals surface area contributed by atoms with E-state index in [-0.39, 0.29) is 11.5 Å². The molecule has 2 heterocycles. The van der Waals surface area contributed by atoms with Gasteiger partial charge in [-0.15, -0.1) is 0 Å². The van der Waals surface area contributed by atoms with Gasteiger partial charge in [0, 0.05) is 24.0 Å². The number of benzene rings is 1. The van der Waals surface area contributed by atoms with Gasteiger partial charge in [-0.05, 0) is 63.3 Å². The Kier molecular flexibility index (Phi) is 4.93. The Hall–Kier alpha value is -2.56. The summed E-state index contributed by atoms with van der Waals surface area (Å²) in [6.45, 7) is 6.97. The van der Waals surface area contributed by atoms with Crippen LogP contribution < -0.4 is 15.6 Å². The molecule has 1 N–H and O–H groups in total. The average Bonchev–Trinajstić information content (AvgIpc) is 2.59. The highest BCUT2D eigenvalue weighted by molar-refractivity contribution is 6.07. The number of aryl methyl sites for hydroxylation is 2. The lowest BCUT2D eigenvalue weighted by atomic mass is 10.0. The van der Waals surface area contributed by atoms with Gasteiger partial charge in [-0.2, -0.15) is 0 Å². The van der Waals surface area contributed by atoms with Crippen LogP contribution in [0.2, 0.25) is 0 Å². The number of anilines is 1. The van der Waals surface area contributed by atoms with Crippen LogP contribution >= 0.6 is 0 Å². The summed E-state index contributed by atoms with van der Waals surface area (Å²) in [5.41, 5.74) is 4.21. The largest absolute Gasteiger partial charge is 0.493 e. The maximum absolute atomic E-state index is 13.0. The molecule has 1 aromatic heterocycles. The second kappa shape index (κ2) is 7.13. The van der Waals surface area contributed by atoms with Gasteiger partial charge in [0.25, 0.3) is 11.5 Å². The van der Waals surface area contributed by atoms with Crippen molar-refractivity contribution >= 4 is 11.6 Å². The van der Waals surface area contributed by atoms with Gasteiger partial charge in [-0.3, -0.25) is 9.59 Å². The summed E-state index contributed by atoms with van der Waals surface area (Å²) in [6, 6.07) is 7.27. The number of nitrogens with one attached hydrogen (secondary N) is 1. The zero-order valence-corrected chi connectivity index (χ0v) is 15.0. The van der Waals surface area contributed by atoms with Crippen LogP contribution in [0.25, 0.3) is 0 Å². The summed E-state index contributed by atoms with van der Waals surface area (Å²) in [4.78, 5) is 25.3. The third kappa shape index (κ3) is 3.45. The van der Waals surface area contributed by atoms with Crippen molar-refractivity contribution in [1.82, 2.24) is 4.57 Å². The van der Waals surface area contributed by atoms with Crippen LogP contribution in [0, 0.1) is 13.8 Å². The van der Waals surface area contributed by atoms with Crippen molar-refractivity contribution in [1.29, 1.82) is 0 Å². The Labute approximate surface area is 147 Å². The van der Waals surface area contributed by atoms with E-state index in [9.17, 15) is 9.59 Å². The molecule has 0 unspecified atom stereocenters. The first-order valence-corrected chi connectivity index (χ1v) is 8.79. The first-order chi connectivity index (χ1) is 12.0. The zero-order valence-electron chi connectivity index (χ0n) is 15.0. The van der Waals surface area contributed by atoms with Crippen molar-refractivity contribution in [3.8, 4) is 5.75 Å². The van der Waals surface area contributed by atoms with Crippen LogP contribution in [0.1, 0.15) is 46.9 Å². The Morgan fingerprint density at radius 3 is 2.72 bits per heavy atom. The molecule has 0 spiro atoms. The molecule has 1 aliphatic heterocycles. The third-order valence-electron chi connectivity index (χ3n) is 4.72. The number of fused-ring (bicyclic) bond motifs is 1. The molecule has 0 saturated carbocycles. The Morgan fingerprint density at radius 2 is 2.00 bits per heavy atom. The first kappa shape index (κ1) is 17.3. The van der Waals surface area contributed by atoms with Gasteiger partial charge >= 0.3 is 0 Å². The highest BCUT2D eigenvalue weighted by Gasteiger charge is 2.24. The molecule has 3 rings (SSSR count). The molecule has 1 amide bonds. The molecule has 5 nitrogen and oxygen atoms in total. The van der Waals surface area contributed by atoms with Gasteiger partial charge in [0.05, 0.1) is 6.61 Å². The minimum atomic E-state index is -0.225. The molecule has 1 aliphatic rings. The molecule has 5 heteroatoms. The lowest BCUT2D eigenvalue weighted by Crippen LogP contribution is -2.31. The molecule has 0 aliphatic carbocycles. The number of hydrogen-bond acceptors (Lipinski definition) is 3. The van der Waals surface area contributed by atoms with E-state index in [1.165, 1.54) is 11.6 Å². The van der Waals surface area contributed by atoms with Gasteiger partial charge < -0.3 is 14.6 Å². The molecule has 0 radical (unpaired) electrons. The minimum absolute atomic E-state index is 0.0964. The van der Waals surface area contributed by atoms with E-state index in [2.05, 4.69) is 5.32 Å². The number of aromatic nitrogens is 1. The number of carbonyl (C=O) groups excluding carboxylic acids is 1. The highest BCUT2D eigenvalue weighted by Crippen LogP contribution is 2.26. The Bertz CT molecular complexity index is 868. The van der Waals surface area contributed by atoms with E-state index >= 15 is 0 Å². The number of nitrogens with zero attached hydrogens (tertiary/aromatic N) is 1. The predicted molar refractivity (Wildman–Crippen MR) is 98.7 cm³/mol. The first-order valence-electron chi connectivity index (χ1n) is 8.79.